The van der Waals surface area contributed by atoms with Gasteiger partial charge in [0.2, 0.25) is 0 Å². The Morgan fingerprint density at radius 1 is 1.12 bits per heavy atom. The molecule has 6 heteroatoms. The van der Waals surface area contributed by atoms with Gasteiger partial charge in [0.05, 0.1) is 23.3 Å². The van der Waals surface area contributed by atoms with Gasteiger partial charge in [0.1, 0.15) is 0 Å². The first-order chi connectivity index (χ1) is 11.4. The Labute approximate surface area is 136 Å². The number of carbonyl (C=O) groups excluding carboxylic acids is 1. The third kappa shape index (κ3) is 2.99. The Balaban J connectivity index is 2.04. The molecule has 124 valence electrons. The maximum Gasteiger partial charge on any atom is 0.416 e. The van der Waals surface area contributed by atoms with Crippen molar-refractivity contribution in [2.75, 3.05) is 6.61 Å². The Morgan fingerprint density at radius 3 is 2.62 bits per heavy atom. The van der Waals surface area contributed by atoms with Crippen LogP contribution in [-0.2, 0) is 10.9 Å². The van der Waals surface area contributed by atoms with E-state index >= 15 is 0 Å². The van der Waals surface area contributed by atoms with E-state index in [9.17, 15) is 18.0 Å². The minimum Gasteiger partial charge on any atom is -0.462 e. The van der Waals surface area contributed by atoms with Crippen LogP contribution in [0.4, 0.5) is 13.2 Å². The third-order valence-electron chi connectivity index (χ3n) is 3.65. The number of hydrogen-bond donors (Lipinski definition) is 0. The average Bonchev–Trinajstić information content (AvgIpc) is 2.97. The third-order valence-corrected chi connectivity index (χ3v) is 3.65. The van der Waals surface area contributed by atoms with E-state index in [1.165, 1.54) is 6.07 Å². The first-order valence-corrected chi connectivity index (χ1v) is 7.36. The van der Waals surface area contributed by atoms with Crippen LogP contribution in [0.1, 0.15) is 22.8 Å². The predicted octanol–water partition coefficient (Wildman–Crippen LogP) is 4.83. The molecular formula is C18H14F3NO2. The van der Waals surface area contributed by atoms with Crippen LogP contribution in [0.15, 0.2) is 54.7 Å². The lowest BCUT2D eigenvalue weighted by atomic mass is 10.1. The van der Waals surface area contributed by atoms with Crippen molar-refractivity contribution in [1.29, 1.82) is 0 Å². The van der Waals surface area contributed by atoms with Crippen molar-refractivity contribution >= 4 is 16.9 Å². The highest BCUT2D eigenvalue weighted by Crippen LogP contribution is 2.31. The number of esters is 1. The first kappa shape index (κ1) is 16.1. The molecule has 0 fully saturated rings. The zero-order valence-corrected chi connectivity index (χ0v) is 12.8. The molecule has 0 saturated carbocycles. The number of nitrogens with zero attached hydrogens (tertiary/aromatic N) is 1. The molecular weight excluding hydrogens is 319 g/mol. The van der Waals surface area contributed by atoms with E-state index in [1.54, 1.807) is 48.0 Å². The van der Waals surface area contributed by atoms with Gasteiger partial charge in [0.15, 0.2) is 0 Å². The second-order valence-electron chi connectivity index (χ2n) is 5.23. The molecule has 0 N–H and O–H groups in total. The molecule has 0 saturated heterocycles. The molecule has 1 heterocycles. The van der Waals surface area contributed by atoms with E-state index in [2.05, 4.69) is 0 Å². The lowest BCUT2D eigenvalue weighted by Gasteiger charge is -2.10. The van der Waals surface area contributed by atoms with Gasteiger partial charge in [0.25, 0.3) is 0 Å². The van der Waals surface area contributed by atoms with Crippen LogP contribution >= 0.6 is 0 Å². The molecule has 3 aromatic rings. The summed E-state index contributed by atoms with van der Waals surface area (Å²) in [6, 6.07) is 11.8. The lowest BCUT2D eigenvalue weighted by molar-refractivity contribution is -0.137. The van der Waals surface area contributed by atoms with Crippen LogP contribution in [0.25, 0.3) is 16.6 Å². The van der Waals surface area contributed by atoms with Gasteiger partial charge in [0, 0.05) is 17.3 Å². The van der Waals surface area contributed by atoms with Gasteiger partial charge in [-0.1, -0.05) is 6.07 Å². The van der Waals surface area contributed by atoms with Crippen LogP contribution in [0.3, 0.4) is 0 Å². The van der Waals surface area contributed by atoms with Crippen LogP contribution in [-0.4, -0.2) is 17.1 Å². The molecule has 0 bridgehead atoms. The molecule has 0 spiro atoms. The Kier molecular flexibility index (Phi) is 4.05. The van der Waals surface area contributed by atoms with Crippen LogP contribution in [0, 0.1) is 0 Å². The number of hydrogen-bond acceptors (Lipinski definition) is 2. The summed E-state index contributed by atoms with van der Waals surface area (Å²) in [7, 11) is 0. The van der Waals surface area contributed by atoms with Crippen molar-refractivity contribution in [2.45, 2.75) is 13.1 Å². The zero-order valence-electron chi connectivity index (χ0n) is 12.8. The minimum atomic E-state index is -4.39. The van der Waals surface area contributed by atoms with Gasteiger partial charge in [-0.05, 0) is 49.4 Å². The van der Waals surface area contributed by atoms with E-state index < -0.39 is 17.7 Å². The number of carbonyl (C=O) groups is 1. The summed E-state index contributed by atoms with van der Waals surface area (Å²) in [5, 5.41) is 0.748. The summed E-state index contributed by atoms with van der Waals surface area (Å²) in [5.74, 6) is -0.425. The standard InChI is InChI=1S/C18H14F3NO2/c1-2-24-17(23)13-6-7-16-12(10-13)8-9-22(16)15-5-3-4-14(11-15)18(19,20)21/h3-11H,2H2,1H3. The van der Waals surface area contributed by atoms with Gasteiger partial charge in [-0.15, -0.1) is 0 Å². The number of ether oxygens (including phenoxy) is 1. The summed E-state index contributed by atoms with van der Waals surface area (Å²) in [6.07, 6.45) is -2.72. The molecule has 0 radical (unpaired) electrons. The van der Waals surface area contributed by atoms with Crippen molar-refractivity contribution in [3.05, 3.63) is 65.9 Å². The van der Waals surface area contributed by atoms with E-state index in [1.807, 2.05) is 0 Å². The topological polar surface area (TPSA) is 31.2 Å². The Bertz CT molecular complexity index is 897. The maximum atomic E-state index is 12.9. The van der Waals surface area contributed by atoms with Crippen LogP contribution < -0.4 is 0 Å². The smallest absolute Gasteiger partial charge is 0.416 e. The van der Waals surface area contributed by atoms with Crippen molar-refractivity contribution in [3.8, 4) is 5.69 Å². The van der Waals surface area contributed by atoms with E-state index in [-0.39, 0.29) is 6.61 Å². The van der Waals surface area contributed by atoms with Crippen molar-refractivity contribution in [1.82, 2.24) is 4.57 Å². The van der Waals surface area contributed by atoms with Gasteiger partial charge in [-0.2, -0.15) is 13.2 Å². The second-order valence-corrected chi connectivity index (χ2v) is 5.23. The average molecular weight is 333 g/mol. The molecule has 0 aliphatic heterocycles. The molecule has 0 atom stereocenters. The van der Waals surface area contributed by atoms with E-state index in [4.69, 9.17) is 4.74 Å². The Hall–Kier alpha value is -2.76. The number of benzene rings is 2. The van der Waals surface area contributed by atoms with Gasteiger partial charge in [-0.3, -0.25) is 0 Å². The Morgan fingerprint density at radius 2 is 1.92 bits per heavy atom. The monoisotopic (exact) mass is 333 g/mol. The summed E-state index contributed by atoms with van der Waals surface area (Å²) in [6.45, 7) is 2.00. The van der Waals surface area contributed by atoms with E-state index in [0.717, 1.165) is 17.5 Å². The normalized spacial score (nSPS) is 11.7. The summed E-state index contributed by atoms with van der Waals surface area (Å²) in [5.41, 5.74) is 0.821. The zero-order chi connectivity index (χ0) is 17.3. The molecule has 24 heavy (non-hydrogen) atoms. The van der Waals surface area contributed by atoms with Crippen molar-refractivity contribution in [2.24, 2.45) is 0 Å². The van der Waals surface area contributed by atoms with Gasteiger partial charge < -0.3 is 9.30 Å². The number of fused-ring (bicyclic) bond motifs is 1. The molecule has 3 rings (SSSR count). The fraction of sp³-hybridized carbons (Fsp3) is 0.167. The number of rotatable bonds is 3. The molecule has 1 aromatic heterocycles. The molecule has 0 aliphatic carbocycles. The number of alkyl halides is 3. The minimum absolute atomic E-state index is 0.280. The molecule has 0 amide bonds. The molecule has 0 aliphatic rings. The molecule has 0 unspecified atom stereocenters. The quantitative estimate of drug-likeness (QED) is 0.643. The highest BCUT2D eigenvalue weighted by molar-refractivity contribution is 5.95. The lowest BCUT2D eigenvalue weighted by Crippen LogP contribution is -2.06. The highest BCUT2D eigenvalue weighted by Gasteiger charge is 2.30. The SMILES string of the molecule is CCOC(=O)c1ccc2c(ccn2-c2cccc(C(F)(F)F)c2)c1. The van der Waals surface area contributed by atoms with Crippen LogP contribution in [0.5, 0.6) is 0 Å². The van der Waals surface area contributed by atoms with Gasteiger partial charge in [-0.25, -0.2) is 4.79 Å². The predicted molar refractivity (Wildman–Crippen MR) is 84.2 cm³/mol. The number of aromatic nitrogens is 1. The van der Waals surface area contributed by atoms with E-state index in [0.29, 0.717) is 16.8 Å². The van der Waals surface area contributed by atoms with Crippen LogP contribution in [0.2, 0.25) is 0 Å². The van der Waals surface area contributed by atoms with Gasteiger partial charge >= 0.3 is 12.1 Å². The molecule has 2 aromatic carbocycles. The highest BCUT2D eigenvalue weighted by atomic mass is 19.4. The summed E-state index contributed by atoms with van der Waals surface area (Å²) < 4.78 is 45.2. The fourth-order valence-corrected chi connectivity index (χ4v) is 2.54. The summed E-state index contributed by atoms with van der Waals surface area (Å²) >= 11 is 0. The fourth-order valence-electron chi connectivity index (χ4n) is 2.54. The first-order valence-electron chi connectivity index (χ1n) is 7.36. The summed E-state index contributed by atoms with van der Waals surface area (Å²) in [4.78, 5) is 11.8. The maximum absolute atomic E-state index is 12.9. The molecule has 3 nitrogen and oxygen atoms in total. The largest absolute Gasteiger partial charge is 0.462 e. The number of halogens is 3. The van der Waals surface area contributed by atoms with Crippen molar-refractivity contribution in [3.63, 3.8) is 0 Å². The second kappa shape index (κ2) is 6.03. The van der Waals surface area contributed by atoms with Crippen molar-refractivity contribution < 1.29 is 22.7 Å².